The number of aromatic nitrogens is 3. The van der Waals surface area contributed by atoms with Crippen molar-refractivity contribution in [2.45, 2.75) is 44.7 Å². The van der Waals surface area contributed by atoms with Gasteiger partial charge in [0.15, 0.2) is 10.8 Å². The van der Waals surface area contributed by atoms with Crippen molar-refractivity contribution in [1.29, 1.82) is 0 Å². The molecule has 2 aromatic heterocycles. The van der Waals surface area contributed by atoms with Crippen LogP contribution >= 0.6 is 11.3 Å². The average Bonchev–Trinajstić information content (AvgIpc) is 3.02. The molecular formula is C15H17F3N4OS. The summed E-state index contributed by atoms with van der Waals surface area (Å²) in [6.07, 6.45) is 2.60. The second kappa shape index (κ2) is 6.54. The van der Waals surface area contributed by atoms with Gasteiger partial charge in [-0.1, -0.05) is 12.8 Å². The minimum atomic E-state index is -4.67. The molecule has 1 amide bonds. The number of thiazole rings is 1. The van der Waals surface area contributed by atoms with Gasteiger partial charge in [0.25, 0.3) is 5.91 Å². The maximum Gasteiger partial charge on any atom is 0.435 e. The third-order valence-electron chi connectivity index (χ3n) is 3.91. The van der Waals surface area contributed by atoms with Gasteiger partial charge in [0.1, 0.15) is 0 Å². The van der Waals surface area contributed by atoms with Crippen LogP contribution in [0.25, 0.3) is 0 Å². The largest absolute Gasteiger partial charge is 0.435 e. The monoisotopic (exact) mass is 358 g/mol. The van der Waals surface area contributed by atoms with E-state index >= 15 is 0 Å². The quantitative estimate of drug-likeness (QED) is 0.888. The van der Waals surface area contributed by atoms with Gasteiger partial charge in [-0.05, 0) is 25.7 Å². The zero-order valence-corrected chi connectivity index (χ0v) is 13.9. The molecule has 0 saturated heterocycles. The summed E-state index contributed by atoms with van der Waals surface area (Å²) >= 11 is 1.35. The molecule has 1 aliphatic rings. The molecule has 0 radical (unpaired) electrons. The first-order chi connectivity index (χ1) is 11.3. The third kappa shape index (κ3) is 3.61. The van der Waals surface area contributed by atoms with Gasteiger partial charge in [-0.2, -0.15) is 18.3 Å². The molecule has 24 heavy (non-hydrogen) atoms. The van der Waals surface area contributed by atoms with Crippen molar-refractivity contribution in [3.05, 3.63) is 28.0 Å². The second-order valence-corrected chi connectivity index (χ2v) is 6.90. The van der Waals surface area contributed by atoms with Crippen molar-refractivity contribution in [3.63, 3.8) is 0 Å². The van der Waals surface area contributed by atoms with E-state index in [1.807, 2.05) is 0 Å². The molecule has 130 valence electrons. The first-order valence-corrected chi connectivity index (χ1v) is 8.57. The number of fused-ring (bicyclic) bond motifs is 1. The first-order valence-electron chi connectivity index (χ1n) is 7.75. The molecule has 5 nitrogen and oxygen atoms in total. The number of hydrogen-bond acceptors (Lipinski definition) is 4. The van der Waals surface area contributed by atoms with E-state index < -0.39 is 23.3 Å². The van der Waals surface area contributed by atoms with Crippen molar-refractivity contribution in [2.75, 3.05) is 5.32 Å². The number of aryl methyl sites for hydroxylation is 3. The molecule has 0 aromatic carbocycles. The van der Waals surface area contributed by atoms with Crippen LogP contribution in [0.3, 0.4) is 0 Å². The molecule has 3 rings (SSSR count). The predicted molar refractivity (Wildman–Crippen MR) is 84.2 cm³/mol. The van der Waals surface area contributed by atoms with Crippen molar-refractivity contribution in [1.82, 2.24) is 14.8 Å². The number of hydrogen-bond donors (Lipinski definition) is 1. The van der Waals surface area contributed by atoms with Crippen molar-refractivity contribution >= 4 is 22.4 Å². The zero-order valence-electron chi connectivity index (χ0n) is 13.1. The molecule has 0 aliphatic heterocycles. The normalized spacial score (nSPS) is 15.5. The molecule has 2 heterocycles. The smallest absolute Gasteiger partial charge is 0.298 e. The summed E-state index contributed by atoms with van der Waals surface area (Å²) in [6.45, 7) is 0. The van der Waals surface area contributed by atoms with Gasteiger partial charge in [0.2, 0.25) is 0 Å². The Balaban J connectivity index is 1.82. The topological polar surface area (TPSA) is 59.8 Å². The van der Waals surface area contributed by atoms with Gasteiger partial charge in [-0.3, -0.25) is 14.8 Å². The summed E-state index contributed by atoms with van der Waals surface area (Å²) < 4.78 is 39.9. The van der Waals surface area contributed by atoms with E-state index in [4.69, 9.17) is 0 Å². The van der Waals surface area contributed by atoms with Crippen LogP contribution in [0.15, 0.2) is 6.20 Å². The Morgan fingerprint density at radius 3 is 2.67 bits per heavy atom. The van der Waals surface area contributed by atoms with Gasteiger partial charge in [-0.25, -0.2) is 4.98 Å². The zero-order chi connectivity index (χ0) is 17.3. The van der Waals surface area contributed by atoms with Crippen molar-refractivity contribution < 1.29 is 18.0 Å². The number of carbonyl (C=O) groups excluding carboxylic acids is 1. The molecule has 9 heteroatoms. The number of nitrogens with zero attached hydrogens (tertiary/aromatic N) is 3. The molecule has 0 atom stereocenters. The highest BCUT2D eigenvalue weighted by Crippen LogP contribution is 2.32. The first kappa shape index (κ1) is 16.9. The number of alkyl halides is 3. The highest BCUT2D eigenvalue weighted by atomic mass is 32.1. The fraction of sp³-hybridized carbons (Fsp3) is 0.533. The fourth-order valence-corrected chi connectivity index (χ4v) is 3.83. The SMILES string of the molecule is Cn1cc(C(=O)Nc2nc3c(s2)CCCCCC3)c(C(F)(F)F)n1. The Morgan fingerprint density at radius 1 is 1.25 bits per heavy atom. The van der Waals surface area contributed by atoms with Crippen LogP contribution in [0.5, 0.6) is 0 Å². The molecular weight excluding hydrogens is 341 g/mol. The van der Waals surface area contributed by atoms with Gasteiger partial charge >= 0.3 is 6.18 Å². The Kier molecular flexibility index (Phi) is 4.62. The van der Waals surface area contributed by atoms with Crippen LogP contribution in [0, 0.1) is 0 Å². The number of halogens is 3. The summed E-state index contributed by atoms with van der Waals surface area (Å²) in [5, 5.41) is 6.20. The number of carbonyl (C=O) groups is 1. The lowest BCUT2D eigenvalue weighted by atomic mass is 10.0. The molecule has 1 N–H and O–H groups in total. The van der Waals surface area contributed by atoms with Crippen LogP contribution in [-0.4, -0.2) is 20.7 Å². The Hall–Kier alpha value is -1.90. The standard InChI is InChI=1S/C15H17F3N4OS/c1-22-8-9(12(21-22)15(16,17)18)13(23)20-14-19-10-6-4-2-3-5-7-11(10)24-14/h8H,2-7H2,1H3,(H,19,20,23). The lowest BCUT2D eigenvalue weighted by Gasteiger charge is -2.06. The fourth-order valence-electron chi connectivity index (χ4n) is 2.79. The van der Waals surface area contributed by atoms with E-state index in [9.17, 15) is 18.0 Å². The highest BCUT2D eigenvalue weighted by molar-refractivity contribution is 7.15. The molecule has 0 saturated carbocycles. The van der Waals surface area contributed by atoms with Gasteiger partial charge in [0.05, 0.1) is 11.3 Å². The number of rotatable bonds is 2. The van der Waals surface area contributed by atoms with Crippen LogP contribution in [-0.2, 0) is 26.1 Å². The third-order valence-corrected chi connectivity index (χ3v) is 4.98. The summed E-state index contributed by atoms with van der Waals surface area (Å²) in [5.74, 6) is -0.836. The van der Waals surface area contributed by atoms with Gasteiger partial charge in [0, 0.05) is 18.1 Å². The Bertz CT molecular complexity index is 725. The van der Waals surface area contributed by atoms with E-state index in [2.05, 4.69) is 15.4 Å². The minimum Gasteiger partial charge on any atom is -0.298 e. The van der Waals surface area contributed by atoms with Crippen LogP contribution < -0.4 is 5.32 Å². The van der Waals surface area contributed by atoms with E-state index in [-0.39, 0.29) is 0 Å². The maximum atomic E-state index is 13.0. The van der Waals surface area contributed by atoms with Gasteiger partial charge < -0.3 is 0 Å². The molecule has 1 aliphatic carbocycles. The lowest BCUT2D eigenvalue weighted by molar-refractivity contribution is -0.141. The van der Waals surface area contributed by atoms with Crippen LogP contribution in [0.4, 0.5) is 18.3 Å². The highest BCUT2D eigenvalue weighted by Gasteiger charge is 2.39. The van der Waals surface area contributed by atoms with Gasteiger partial charge in [-0.15, -0.1) is 11.3 Å². The van der Waals surface area contributed by atoms with Crippen molar-refractivity contribution in [3.8, 4) is 0 Å². The molecule has 0 unspecified atom stereocenters. The average molecular weight is 358 g/mol. The molecule has 0 bridgehead atoms. The minimum absolute atomic E-state index is 0.351. The Morgan fingerprint density at radius 2 is 1.96 bits per heavy atom. The number of nitrogens with one attached hydrogen (secondary N) is 1. The number of anilines is 1. The molecule has 0 fully saturated rings. The van der Waals surface area contributed by atoms with E-state index in [0.717, 1.165) is 53.6 Å². The van der Waals surface area contributed by atoms with Crippen LogP contribution in [0.2, 0.25) is 0 Å². The summed E-state index contributed by atoms with van der Waals surface area (Å²) in [5.41, 5.74) is -0.720. The summed E-state index contributed by atoms with van der Waals surface area (Å²) in [6, 6.07) is 0. The predicted octanol–water partition coefficient (Wildman–Crippen LogP) is 3.81. The number of amides is 1. The van der Waals surface area contributed by atoms with Crippen molar-refractivity contribution in [2.24, 2.45) is 7.05 Å². The summed E-state index contributed by atoms with van der Waals surface area (Å²) in [7, 11) is 1.35. The second-order valence-electron chi connectivity index (χ2n) is 5.82. The summed E-state index contributed by atoms with van der Waals surface area (Å²) in [4.78, 5) is 17.8. The lowest BCUT2D eigenvalue weighted by Crippen LogP contribution is -2.17. The Labute approximate surface area is 140 Å². The molecule has 2 aromatic rings. The molecule has 0 spiro atoms. The van der Waals surface area contributed by atoms with E-state index in [1.165, 1.54) is 24.8 Å². The maximum absolute atomic E-state index is 13.0. The van der Waals surface area contributed by atoms with Crippen LogP contribution in [0.1, 0.15) is 52.3 Å². The van der Waals surface area contributed by atoms with E-state index in [1.54, 1.807) is 0 Å². The van der Waals surface area contributed by atoms with E-state index in [0.29, 0.717) is 5.13 Å².